The van der Waals surface area contributed by atoms with Gasteiger partial charge in [-0.05, 0) is 25.5 Å². The standard InChI is InChI=1S/C18H15ClN2O/c1-12-7-6-10-15(19)18(12)21-13(2)20-16(11-17(21)22)14-8-4-3-5-9-14/h3-11H,1-2H3. The second-order valence-electron chi connectivity index (χ2n) is 5.13. The third kappa shape index (κ3) is 2.55. The van der Waals surface area contributed by atoms with Crippen LogP contribution in [0.15, 0.2) is 59.4 Å². The van der Waals surface area contributed by atoms with E-state index in [2.05, 4.69) is 4.98 Å². The van der Waals surface area contributed by atoms with Gasteiger partial charge in [-0.25, -0.2) is 4.98 Å². The monoisotopic (exact) mass is 310 g/mol. The SMILES string of the molecule is Cc1cccc(Cl)c1-n1c(C)nc(-c2ccccc2)cc1=O. The Bertz CT molecular complexity index is 865. The summed E-state index contributed by atoms with van der Waals surface area (Å²) >= 11 is 6.28. The van der Waals surface area contributed by atoms with Gasteiger partial charge in [-0.1, -0.05) is 54.1 Å². The highest BCUT2D eigenvalue weighted by Gasteiger charge is 2.13. The van der Waals surface area contributed by atoms with Crippen LogP contribution in [-0.4, -0.2) is 9.55 Å². The average molecular weight is 311 g/mol. The van der Waals surface area contributed by atoms with Crippen LogP contribution >= 0.6 is 11.6 Å². The minimum atomic E-state index is -0.137. The first-order valence-corrected chi connectivity index (χ1v) is 7.37. The number of para-hydroxylation sites is 1. The van der Waals surface area contributed by atoms with Gasteiger partial charge in [0.25, 0.3) is 5.56 Å². The average Bonchev–Trinajstić information content (AvgIpc) is 2.50. The molecule has 4 heteroatoms. The quantitative estimate of drug-likeness (QED) is 0.712. The minimum Gasteiger partial charge on any atom is -0.269 e. The van der Waals surface area contributed by atoms with Crippen molar-refractivity contribution in [2.75, 3.05) is 0 Å². The van der Waals surface area contributed by atoms with E-state index >= 15 is 0 Å². The zero-order valence-electron chi connectivity index (χ0n) is 12.4. The van der Waals surface area contributed by atoms with E-state index in [0.29, 0.717) is 22.2 Å². The van der Waals surface area contributed by atoms with Gasteiger partial charge in [0.2, 0.25) is 0 Å². The largest absolute Gasteiger partial charge is 0.269 e. The number of halogens is 1. The summed E-state index contributed by atoms with van der Waals surface area (Å²) in [6, 6.07) is 16.8. The Morgan fingerprint density at radius 3 is 2.36 bits per heavy atom. The number of nitrogens with zero attached hydrogens (tertiary/aromatic N) is 2. The summed E-state index contributed by atoms with van der Waals surface area (Å²) in [6.45, 7) is 3.74. The number of benzene rings is 2. The lowest BCUT2D eigenvalue weighted by atomic mass is 10.1. The van der Waals surface area contributed by atoms with Crippen molar-refractivity contribution in [3.63, 3.8) is 0 Å². The molecule has 0 spiro atoms. The zero-order valence-corrected chi connectivity index (χ0v) is 13.1. The molecule has 2 aromatic carbocycles. The Kier molecular flexibility index (Phi) is 3.82. The predicted octanol–water partition coefficient (Wildman–Crippen LogP) is 4.17. The van der Waals surface area contributed by atoms with Crippen LogP contribution < -0.4 is 5.56 Å². The van der Waals surface area contributed by atoms with Crippen LogP contribution in [0.5, 0.6) is 0 Å². The molecule has 0 amide bonds. The molecule has 110 valence electrons. The molecule has 0 aliphatic carbocycles. The Morgan fingerprint density at radius 2 is 1.73 bits per heavy atom. The third-order valence-electron chi connectivity index (χ3n) is 3.57. The summed E-state index contributed by atoms with van der Waals surface area (Å²) < 4.78 is 1.56. The van der Waals surface area contributed by atoms with Crippen molar-refractivity contribution in [2.45, 2.75) is 13.8 Å². The fraction of sp³-hybridized carbons (Fsp3) is 0.111. The number of aryl methyl sites for hydroxylation is 2. The minimum absolute atomic E-state index is 0.137. The van der Waals surface area contributed by atoms with Crippen molar-refractivity contribution in [2.24, 2.45) is 0 Å². The normalized spacial score (nSPS) is 10.7. The van der Waals surface area contributed by atoms with E-state index in [0.717, 1.165) is 11.1 Å². The number of hydrogen-bond donors (Lipinski definition) is 0. The van der Waals surface area contributed by atoms with Gasteiger partial charge in [0.15, 0.2) is 0 Å². The molecule has 3 nitrogen and oxygen atoms in total. The van der Waals surface area contributed by atoms with Gasteiger partial charge < -0.3 is 0 Å². The summed E-state index contributed by atoms with van der Waals surface area (Å²) in [5.41, 5.74) is 3.09. The molecule has 0 aliphatic rings. The smallest absolute Gasteiger partial charge is 0.258 e. The van der Waals surface area contributed by atoms with Crippen molar-refractivity contribution in [1.82, 2.24) is 9.55 Å². The highest BCUT2D eigenvalue weighted by Crippen LogP contribution is 2.24. The number of hydrogen-bond acceptors (Lipinski definition) is 2. The predicted molar refractivity (Wildman–Crippen MR) is 89.8 cm³/mol. The van der Waals surface area contributed by atoms with Crippen LogP contribution in [0.2, 0.25) is 5.02 Å². The fourth-order valence-electron chi connectivity index (χ4n) is 2.53. The Labute approximate surface area is 133 Å². The second-order valence-corrected chi connectivity index (χ2v) is 5.54. The summed E-state index contributed by atoms with van der Waals surface area (Å²) in [5.74, 6) is 0.613. The molecule has 0 atom stereocenters. The summed E-state index contributed by atoms with van der Waals surface area (Å²) in [6.07, 6.45) is 0. The molecular weight excluding hydrogens is 296 g/mol. The lowest BCUT2D eigenvalue weighted by molar-refractivity contribution is 0.868. The number of aromatic nitrogens is 2. The zero-order chi connectivity index (χ0) is 15.7. The summed E-state index contributed by atoms with van der Waals surface area (Å²) in [7, 11) is 0. The molecule has 0 radical (unpaired) electrons. The van der Waals surface area contributed by atoms with Crippen LogP contribution in [0.4, 0.5) is 0 Å². The Hall–Kier alpha value is -2.39. The maximum Gasteiger partial charge on any atom is 0.258 e. The van der Waals surface area contributed by atoms with Crippen LogP contribution in [0.3, 0.4) is 0 Å². The molecule has 0 fully saturated rings. The lowest BCUT2D eigenvalue weighted by Crippen LogP contribution is -2.22. The molecule has 0 unspecified atom stereocenters. The maximum atomic E-state index is 12.6. The molecule has 0 bridgehead atoms. The highest BCUT2D eigenvalue weighted by molar-refractivity contribution is 6.32. The van der Waals surface area contributed by atoms with Crippen molar-refractivity contribution in [1.29, 1.82) is 0 Å². The Morgan fingerprint density at radius 1 is 1.00 bits per heavy atom. The van der Waals surface area contributed by atoms with Gasteiger partial charge in [-0.2, -0.15) is 0 Å². The highest BCUT2D eigenvalue weighted by atomic mass is 35.5. The number of rotatable bonds is 2. The maximum absolute atomic E-state index is 12.6. The summed E-state index contributed by atoms with van der Waals surface area (Å²) in [4.78, 5) is 17.2. The third-order valence-corrected chi connectivity index (χ3v) is 3.87. The molecule has 3 rings (SSSR count). The van der Waals surface area contributed by atoms with Crippen molar-refractivity contribution in [3.05, 3.63) is 81.4 Å². The first kappa shape index (κ1) is 14.5. The molecule has 0 saturated heterocycles. The first-order valence-electron chi connectivity index (χ1n) is 6.99. The van der Waals surface area contributed by atoms with Crippen LogP contribution in [0.1, 0.15) is 11.4 Å². The van der Waals surface area contributed by atoms with E-state index in [1.54, 1.807) is 16.7 Å². The van der Waals surface area contributed by atoms with Crippen LogP contribution in [0.25, 0.3) is 16.9 Å². The molecule has 1 aromatic heterocycles. The first-order chi connectivity index (χ1) is 10.6. The molecule has 0 saturated carbocycles. The van der Waals surface area contributed by atoms with Gasteiger partial charge in [0.1, 0.15) is 5.82 Å². The van der Waals surface area contributed by atoms with Gasteiger partial charge >= 0.3 is 0 Å². The lowest BCUT2D eigenvalue weighted by Gasteiger charge is -2.14. The molecule has 3 aromatic rings. The van der Waals surface area contributed by atoms with Gasteiger partial charge in [-0.3, -0.25) is 9.36 Å². The van der Waals surface area contributed by atoms with Crippen LogP contribution in [-0.2, 0) is 0 Å². The topological polar surface area (TPSA) is 34.9 Å². The van der Waals surface area contributed by atoms with Crippen molar-refractivity contribution < 1.29 is 0 Å². The van der Waals surface area contributed by atoms with Gasteiger partial charge in [0, 0.05) is 11.6 Å². The van der Waals surface area contributed by atoms with E-state index in [9.17, 15) is 4.79 Å². The summed E-state index contributed by atoms with van der Waals surface area (Å²) in [5, 5.41) is 0.541. The Balaban J connectivity index is 2.22. The van der Waals surface area contributed by atoms with E-state index in [1.807, 2.05) is 56.3 Å². The van der Waals surface area contributed by atoms with Crippen molar-refractivity contribution in [3.8, 4) is 16.9 Å². The van der Waals surface area contributed by atoms with Gasteiger partial charge in [0.05, 0.1) is 16.4 Å². The second kappa shape index (κ2) is 5.78. The van der Waals surface area contributed by atoms with Crippen molar-refractivity contribution >= 4 is 11.6 Å². The molecule has 1 heterocycles. The van der Waals surface area contributed by atoms with E-state index in [-0.39, 0.29) is 5.56 Å². The molecular formula is C18H15ClN2O. The molecule has 0 aliphatic heterocycles. The van der Waals surface area contributed by atoms with Crippen LogP contribution in [0, 0.1) is 13.8 Å². The molecule has 22 heavy (non-hydrogen) atoms. The fourth-order valence-corrected chi connectivity index (χ4v) is 2.84. The van der Waals surface area contributed by atoms with E-state index < -0.39 is 0 Å². The van der Waals surface area contributed by atoms with E-state index in [1.165, 1.54) is 0 Å². The molecule has 0 N–H and O–H groups in total. The van der Waals surface area contributed by atoms with E-state index in [4.69, 9.17) is 11.6 Å². The van der Waals surface area contributed by atoms with Gasteiger partial charge in [-0.15, -0.1) is 0 Å².